The molecule has 118 valence electrons. The lowest BCUT2D eigenvalue weighted by atomic mass is 10.1. The van der Waals surface area contributed by atoms with Crippen molar-refractivity contribution in [3.63, 3.8) is 0 Å². The van der Waals surface area contributed by atoms with Gasteiger partial charge in [-0.2, -0.15) is 0 Å². The molecule has 1 aromatic carbocycles. The number of unbranched alkanes of at least 4 members (excludes halogenated alkanes) is 3. The summed E-state index contributed by atoms with van der Waals surface area (Å²) >= 11 is 0. The second-order valence-corrected chi connectivity index (χ2v) is 5.04. The van der Waals surface area contributed by atoms with Gasteiger partial charge in [-0.3, -0.25) is 0 Å². The number of ether oxygens (including phenoxy) is 2. The minimum Gasteiger partial charge on any atom is -0.508 e. The first-order valence-corrected chi connectivity index (χ1v) is 7.73. The van der Waals surface area contributed by atoms with Crippen molar-refractivity contribution in [1.29, 1.82) is 0 Å². The van der Waals surface area contributed by atoms with E-state index in [1.807, 2.05) is 0 Å². The number of phenols is 1. The standard InChI is InChI=1S/C17H26O4/c1-3-5-6-7-12-21-16(17(19)20-4-2)13-14-8-10-15(18)11-9-14/h8-11,16,18H,3-7,12-13H2,1-2H3/t16-/m1/s1. The van der Waals surface area contributed by atoms with Gasteiger partial charge >= 0.3 is 5.97 Å². The third-order valence-corrected chi connectivity index (χ3v) is 3.22. The fraction of sp³-hybridized carbons (Fsp3) is 0.588. The third-order valence-electron chi connectivity index (χ3n) is 3.22. The number of carbonyl (C=O) groups excluding carboxylic acids is 1. The molecule has 0 saturated heterocycles. The van der Waals surface area contributed by atoms with Crippen LogP contribution in [0.5, 0.6) is 5.75 Å². The molecular formula is C17H26O4. The molecule has 1 aromatic rings. The minimum atomic E-state index is -0.573. The molecular weight excluding hydrogens is 268 g/mol. The number of esters is 1. The van der Waals surface area contributed by atoms with Crippen molar-refractivity contribution in [1.82, 2.24) is 0 Å². The van der Waals surface area contributed by atoms with Crippen LogP contribution in [0.4, 0.5) is 0 Å². The highest BCUT2D eigenvalue weighted by Crippen LogP contribution is 2.14. The first kappa shape index (κ1) is 17.5. The average Bonchev–Trinajstić information content (AvgIpc) is 2.48. The molecule has 4 heteroatoms. The monoisotopic (exact) mass is 294 g/mol. The molecule has 0 aliphatic heterocycles. The fourth-order valence-corrected chi connectivity index (χ4v) is 2.05. The van der Waals surface area contributed by atoms with E-state index in [9.17, 15) is 9.90 Å². The average molecular weight is 294 g/mol. The van der Waals surface area contributed by atoms with E-state index in [0.29, 0.717) is 19.6 Å². The number of hydrogen-bond donors (Lipinski definition) is 1. The van der Waals surface area contributed by atoms with Crippen LogP contribution in [-0.4, -0.2) is 30.4 Å². The molecule has 0 heterocycles. The van der Waals surface area contributed by atoms with Crippen LogP contribution in [0.3, 0.4) is 0 Å². The van der Waals surface area contributed by atoms with E-state index in [-0.39, 0.29) is 11.7 Å². The Bertz CT molecular complexity index is 400. The summed E-state index contributed by atoms with van der Waals surface area (Å²) in [6.45, 7) is 4.87. The lowest BCUT2D eigenvalue weighted by molar-refractivity contribution is -0.156. The Morgan fingerprint density at radius 1 is 1.14 bits per heavy atom. The topological polar surface area (TPSA) is 55.8 Å². The zero-order valence-electron chi connectivity index (χ0n) is 13.0. The smallest absolute Gasteiger partial charge is 0.335 e. The predicted octanol–water partition coefficient (Wildman–Crippen LogP) is 3.46. The van der Waals surface area contributed by atoms with Gasteiger partial charge in [-0.15, -0.1) is 0 Å². The molecule has 1 rings (SSSR count). The van der Waals surface area contributed by atoms with Crippen LogP contribution in [0, 0.1) is 0 Å². The molecule has 0 aliphatic rings. The summed E-state index contributed by atoms with van der Waals surface area (Å²) < 4.78 is 10.8. The van der Waals surface area contributed by atoms with E-state index < -0.39 is 6.10 Å². The molecule has 0 radical (unpaired) electrons. The SMILES string of the molecule is CCCCCCO[C@H](Cc1ccc(O)cc1)C(=O)OCC. The summed E-state index contributed by atoms with van der Waals surface area (Å²) in [5.74, 6) is -0.104. The number of hydrogen-bond acceptors (Lipinski definition) is 4. The Balaban J connectivity index is 2.51. The summed E-state index contributed by atoms with van der Waals surface area (Å²) in [5.41, 5.74) is 0.944. The van der Waals surface area contributed by atoms with Crippen LogP contribution < -0.4 is 0 Å². The van der Waals surface area contributed by atoms with E-state index in [1.54, 1.807) is 31.2 Å². The van der Waals surface area contributed by atoms with Crippen LogP contribution in [-0.2, 0) is 20.7 Å². The van der Waals surface area contributed by atoms with Crippen molar-refractivity contribution in [2.24, 2.45) is 0 Å². The highest BCUT2D eigenvalue weighted by atomic mass is 16.6. The van der Waals surface area contributed by atoms with Gasteiger partial charge in [-0.1, -0.05) is 38.3 Å². The molecule has 1 atom stereocenters. The maximum absolute atomic E-state index is 11.9. The summed E-state index contributed by atoms with van der Waals surface area (Å²) in [7, 11) is 0. The number of phenolic OH excluding ortho intramolecular Hbond substituents is 1. The summed E-state index contributed by atoms with van der Waals surface area (Å²) in [5, 5.41) is 9.29. The third kappa shape index (κ3) is 7.14. The molecule has 0 aromatic heterocycles. The highest BCUT2D eigenvalue weighted by molar-refractivity contribution is 5.75. The van der Waals surface area contributed by atoms with Gasteiger partial charge < -0.3 is 14.6 Å². The molecule has 0 amide bonds. The van der Waals surface area contributed by atoms with Gasteiger partial charge in [0.1, 0.15) is 5.75 Å². The van der Waals surface area contributed by atoms with Crippen LogP contribution >= 0.6 is 0 Å². The second kappa shape index (κ2) is 10.2. The Morgan fingerprint density at radius 2 is 1.86 bits per heavy atom. The van der Waals surface area contributed by atoms with Crippen molar-refractivity contribution in [3.05, 3.63) is 29.8 Å². The Labute approximate surface area is 127 Å². The first-order valence-electron chi connectivity index (χ1n) is 7.73. The highest BCUT2D eigenvalue weighted by Gasteiger charge is 2.20. The van der Waals surface area contributed by atoms with Gasteiger partial charge in [0, 0.05) is 13.0 Å². The van der Waals surface area contributed by atoms with Crippen LogP contribution in [0.15, 0.2) is 24.3 Å². The van der Waals surface area contributed by atoms with Gasteiger partial charge in [0.25, 0.3) is 0 Å². The van der Waals surface area contributed by atoms with Gasteiger partial charge in [0.2, 0.25) is 0 Å². The fourth-order valence-electron chi connectivity index (χ4n) is 2.05. The summed E-state index contributed by atoms with van der Waals surface area (Å²) in [6, 6.07) is 6.81. The van der Waals surface area contributed by atoms with E-state index in [4.69, 9.17) is 9.47 Å². The minimum absolute atomic E-state index is 0.215. The summed E-state index contributed by atoms with van der Waals surface area (Å²) in [6.07, 6.45) is 4.33. The van der Waals surface area contributed by atoms with Gasteiger partial charge in [-0.05, 0) is 31.0 Å². The lowest BCUT2D eigenvalue weighted by Gasteiger charge is -2.16. The van der Waals surface area contributed by atoms with Crippen molar-refractivity contribution in [2.75, 3.05) is 13.2 Å². The molecule has 1 N–H and O–H groups in total. The lowest BCUT2D eigenvalue weighted by Crippen LogP contribution is -2.29. The Hall–Kier alpha value is -1.55. The quantitative estimate of drug-likeness (QED) is 0.530. The number of carbonyl (C=O) groups is 1. The largest absolute Gasteiger partial charge is 0.508 e. The van der Waals surface area contributed by atoms with Gasteiger partial charge in [-0.25, -0.2) is 4.79 Å². The molecule has 0 spiro atoms. The maximum atomic E-state index is 11.9. The Kier molecular flexibility index (Phi) is 8.51. The molecule has 0 fully saturated rings. The van der Waals surface area contributed by atoms with Crippen molar-refractivity contribution in [2.45, 2.75) is 52.1 Å². The van der Waals surface area contributed by atoms with Gasteiger partial charge in [0.15, 0.2) is 6.10 Å². The number of rotatable bonds is 10. The molecule has 0 bridgehead atoms. The van der Waals surface area contributed by atoms with Crippen LogP contribution in [0.25, 0.3) is 0 Å². The molecule has 0 unspecified atom stereocenters. The van der Waals surface area contributed by atoms with E-state index >= 15 is 0 Å². The normalized spacial score (nSPS) is 12.1. The van der Waals surface area contributed by atoms with Crippen molar-refractivity contribution < 1.29 is 19.4 Å². The molecule has 0 saturated carbocycles. The predicted molar refractivity (Wildman–Crippen MR) is 82.3 cm³/mol. The molecule has 0 aliphatic carbocycles. The van der Waals surface area contributed by atoms with Gasteiger partial charge in [0.05, 0.1) is 6.61 Å². The second-order valence-electron chi connectivity index (χ2n) is 5.04. The number of aromatic hydroxyl groups is 1. The first-order chi connectivity index (χ1) is 10.2. The molecule has 4 nitrogen and oxygen atoms in total. The van der Waals surface area contributed by atoms with Crippen LogP contribution in [0.1, 0.15) is 45.1 Å². The van der Waals surface area contributed by atoms with E-state index in [1.165, 1.54) is 12.8 Å². The van der Waals surface area contributed by atoms with Crippen molar-refractivity contribution >= 4 is 5.97 Å². The van der Waals surface area contributed by atoms with E-state index in [0.717, 1.165) is 18.4 Å². The zero-order valence-corrected chi connectivity index (χ0v) is 13.0. The van der Waals surface area contributed by atoms with Crippen LogP contribution in [0.2, 0.25) is 0 Å². The van der Waals surface area contributed by atoms with Crippen molar-refractivity contribution in [3.8, 4) is 5.75 Å². The summed E-state index contributed by atoms with van der Waals surface area (Å²) in [4.78, 5) is 11.9. The van der Waals surface area contributed by atoms with E-state index in [2.05, 4.69) is 6.92 Å². The molecule has 21 heavy (non-hydrogen) atoms. The zero-order chi connectivity index (χ0) is 15.5. The Morgan fingerprint density at radius 3 is 2.48 bits per heavy atom. The number of benzene rings is 1. The maximum Gasteiger partial charge on any atom is 0.335 e.